The number of nitrogens with one attached hydrogen (secondary N) is 2. The molecule has 3 heterocycles. The molecule has 1 unspecified atom stereocenters. The van der Waals surface area contributed by atoms with Crippen molar-refractivity contribution in [3.8, 4) is 0 Å². The largest absolute Gasteiger partial charge is 0.481 e. The molecule has 3 rings (SSSR count). The summed E-state index contributed by atoms with van der Waals surface area (Å²) in [6, 6.07) is 0.249. The van der Waals surface area contributed by atoms with Crippen molar-refractivity contribution in [2.75, 3.05) is 7.11 Å². The van der Waals surface area contributed by atoms with Crippen molar-refractivity contribution < 1.29 is 9.53 Å². The van der Waals surface area contributed by atoms with Crippen LogP contribution in [0.2, 0.25) is 0 Å². The second kappa shape index (κ2) is 7.46. The Bertz CT molecular complexity index is 587. The summed E-state index contributed by atoms with van der Waals surface area (Å²) in [4.78, 5) is 11.3. The van der Waals surface area contributed by atoms with Crippen LogP contribution in [0.3, 0.4) is 0 Å². The van der Waals surface area contributed by atoms with Gasteiger partial charge in [-0.1, -0.05) is 27.7 Å². The SMILES string of the molecule is CC.COC1=CC=C(C2=NNC(=O)CC2)C2=CC(C(C)C)NN12. The first-order valence-electron chi connectivity index (χ1n) is 8.20. The van der Waals surface area contributed by atoms with E-state index in [9.17, 15) is 4.79 Å². The van der Waals surface area contributed by atoms with Crippen LogP contribution in [0, 0.1) is 5.92 Å². The van der Waals surface area contributed by atoms with Crippen molar-refractivity contribution in [3.05, 3.63) is 35.4 Å². The molecule has 0 spiro atoms. The number of amides is 1. The number of nitrogens with zero attached hydrogens (tertiary/aromatic N) is 2. The third-order valence-electron chi connectivity index (χ3n) is 3.89. The van der Waals surface area contributed by atoms with Gasteiger partial charge in [-0.15, -0.1) is 0 Å². The fraction of sp³-hybridized carbons (Fsp3) is 0.529. The van der Waals surface area contributed by atoms with E-state index in [0.29, 0.717) is 18.8 Å². The number of ether oxygens (including phenoxy) is 1. The van der Waals surface area contributed by atoms with Crippen molar-refractivity contribution in [3.63, 3.8) is 0 Å². The van der Waals surface area contributed by atoms with E-state index in [0.717, 1.165) is 22.9 Å². The van der Waals surface area contributed by atoms with Crippen LogP contribution in [0.15, 0.2) is 40.5 Å². The van der Waals surface area contributed by atoms with Crippen molar-refractivity contribution >= 4 is 11.6 Å². The van der Waals surface area contributed by atoms with Crippen LogP contribution in [0.4, 0.5) is 0 Å². The van der Waals surface area contributed by atoms with Gasteiger partial charge in [0.25, 0.3) is 0 Å². The molecule has 0 aromatic carbocycles. The second-order valence-electron chi connectivity index (χ2n) is 5.67. The van der Waals surface area contributed by atoms with E-state index in [1.54, 1.807) is 7.11 Å². The van der Waals surface area contributed by atoms with Gasteiger partial charge in [-0.2, -0.15) is 5.10 Å². The van der Waals surface area contributed by atoms with E-state index in [2.05, 4.69) is 35.9 Å². The molecule has 0 aliphatic carbocycles. The summed E-state index contributed by atoms with van der Waals surface area (Å²) in [5.74, 6) is 1.20. The van der Waals surface area contributed by atoms with E-state index in [1.807, 2.05) is 31.0 Å². The Morgan fingerprint density at radius 1 is 1.30 bits per heavy atom. The zero-order valence-electron chi connectivity index (χ0n) is 14.5. The minimum absolute atomic E-state index is 0.0290. The van der Waals surface area contributed by atoms with Crippen molar-refractivity contribution in [1.82, 2.24) is 15.9 Å². The average molecular weight is 318 g/mol. The Kier molecular flexibility index (Phi) is 5.60. The number of hydrogen-bond acceptors (Lipinski definition) is 5. The van der Waals surface area contributed by atoms with Crippen LogP contribution >= 0.6 is 0 Å². The van der Waals surface area contributed by atoms with Gasteiger partial charge in [0.05, 0.1) is 18.5 Å². The normalized spacial score (nSPS) is 23.0. The molecule has 1 amide bonds. The third-order valence-corrected chi connectivity index (χ3v) is 3.89. The lowest BCUT2D eigenvalue weighted by atomic mass is 9.97. The zero-order valence-corrected chi connectivity index (χ0v) is 14.5. The molecule has 0 radical (unpaired) electrons. The van der Waals surface area contributed by atoms with Crippen LogP contribution in [0.5, 0.6) is 0 Å². The van der Waals surface area contributed by atoms with Crippen molar-refractivity contribution in [2.45, 2.75) is 46.6 Å². The van der Waals surface area contributed by atoms with E-state index in [1.165, 1.54) is 0 Å². The van der Waals surface area contributed by atoms with Gasteiger partial charge in [0.15, 0.2) is 0 Å². The number of fused-ring (bicyclic) bond motifs is 1. The lowest BCUT2D eigenvalue weighted by molar-refractivity contribution is -0.121. The number of methoxy groups -OCH3 is 1. The highest BCUT2D eigenvalue weighted by atomic mass is 16.5. The highest BCUT2D eigenvalue weighted by Crippen LogP contribution is 2.32. The molecular formula is C17H26N4O2. The van der Waals surface area contributed by atoms with Gasteiger partial charge in [0.2, 0.25) is 11.8 Å². The van der Waals surface area contributed by atoms with Crippen LogP contribution in [-0.4, -0.2) is 29.8 Å². The van der Waals surface area contributed by atoms with Gasteiger partial charge < -0.3 is 4.74 Å². The fourth-order valence-corrected chi connectivity index (χ4v) is 2.62. The number of carbonyl (C=O) groups excluding carboxylic acids is 1. The molecule has 126 valence electrons. The molecule has 0 saturated heterocycles. The smallest absolute Gasteiger partial charge is 0.240 e. The first kappa shape index (κ1) is 17.3. The van der Waals surface area contributed by atoms with Crippen molar-refractivity contribution in [2.24, 2.45) is 11.0 Å². The van der Waals surface area contributed by atoms with Crippen LogP contribution in [0.1, 0.15) is 40.5 Å². The highest BCUT2D eigenvalue weighted by Gasteiger charge is 2.33. The van der Waals surface area contributed by atoms with Gasteiger partial charge in [-0.05, 0) is 18.1 Å². The van der Waals surface area contributed by atoms with Gasteiger partial charge in [0.1, 0.15) is 0 Å². The van der Waals surface area contributed by atoms with Gasteiger partial charge in [-0.3, -0.25) is 4.79 Å². The maximum Gasteiger partial charge on any atom is 0.240 e. The van der Waals surface area contributed by atoms with Crippen LogP contribution in [0.25, 0.3) is 0 Å². The molecule has 1 atom stereocenters. The molecule has 3 aliphatic heterocycles. The quantitative estimate of drug-likeness (QED) is 0.839. The number of allylic oxidation sites excluding steroid dienone is 3. The maximum atomic E-state index is 11.3. The third kappa shape index (κ3) is 3.47. The zero-order chi connectivity index (χ0) is 17.0. The van der Waals surface area contributed by atoms with Crippen LogP contribution in [-0.2, 0) is 9.53 Å². The molecule has 23 heavy (non-hydrogen) atoms. The summed E-state index contributed by atoms with van der Waals surface area (Å²) in [6.07, 6.45) is 7.25. The van der Waals surface area contributed by atoms with Gasteiger partial charge in [0, 0.05) is 30.5 Å². The number of hydrazine groups is 1. The minimum atomic E-state index is -0.0290. The van der Waals surface area contributed by atoms with E-state index in [4.69, 9.17) is 4.74 Å². The average Bonchev–Trinajstić information content (AvgIpc) is 3.02. The Labute approximate surface area is 137 Å². The summed E-state index contributed by atoms with van der Waals surface area (Å²) >= 11 is 0. The monoisotopic (exact) mass is 318 g/mol. The first-order valence-corrected chi connectivity index (χ1v) is 8.20. The Morgan fingerprint density at radius 2 is 2.04 bits per heavy atom. The lowest BCUT2D eigenvalue weighted by Crippen LogP contribution is -2.41. The molecule has 0 aromatic rings. The topological polar surface area (TPSA) is 66.0 Å². The van der Waals surface area contributed by atoms with E-state index < -0.39 is 0 Å². The molecule has 6 heteroatoms. The summed E-state index contributed by atoms with van der Waals surface area (Å²) in [5.41, 5.74) is 8.98. The molecular weight excluding hydrogens is 292 g/mol. The fourth-order valence-electron chi connectivity index (χ4n) is 2.62. The van der Waals surface area contributed by atoms with Gasteiger partial charge >= 0.3 is 0 Å². The predicted molar refractivity (Wildman–Crippen MR) is 91.0 cm³/mol. The lowest BCUT2D eigenvalue weighted by Gasteiger charge is -2.30. The summed E-state index contributed by atoms with van der Waals surface area (Å²) in [7, 11) is 1.66. The molecule has 6 nitrogen and oxygen atoms in total. The van der Waals surface area contributed by atoms with E-state index >= 15 is 0 Å². The predicted octanol–water partition coefficient (Wildman–Crippen LogP) is 2.44. The molecule has 2 N–H and O–H groups in total. The molecule has 0 saturated carbocycles. The summed E-state index contributed by atoms with van der Waals surface area (Å²) < 4.78 is 5.42. The summed E-state index contributed by atoms with van der Waals surface area (Å²) in [6.45, 7) is 8.34. The molecule has 0 aromatic heterocycles. The number of hydrogen-bond donors (Lipinski definition) is 2. The highest BCUT2D eigenvalue weighted by molar-refractivity contribution is 6.07. The minimum Gasteiger partial charge on any atom is -0.481 e. The Balaban J connectivity index is 0.000000924. The number of hydrazone groups is 1. The summed E-state index contributed by atoms with van der Waals surface area (Å²) in [5, 5.41) is 6.16. The Hall–Kier alpha value is -2.08. The first-order chi connectivity index (χ1) is 11.1. The molecule has 0 bridgehead atoms. The van der Waals surface area contributed by atoms with E-state index in [-0.39, 0.29) is 11.9 Å². The molecule has 3 aliphatic rings. The maximum absolute atomic E-state index is 11.3. The van der Waals surface area contributed by atoms with Crippen LogP contribution < -0.4 is 10.9 Å². The number of rotatable bonds is 3. The van der Waals surface area contributed by atoms with Gasteiger partial charge in [-0.25, -0.2) is 15.9 Å². The second-order valence-corrected chi connectivity index (χ2v) is 5.67. The molecule has 0 fully saturated rings. The Morgan fingerprint density at radius 3 is 2.61 bits per heavy atom. The van der Waals surface area contributed by atoms with Crippen molar-refractivity contribution in [1.29, 1.82) is 0 Å². The standard InChI is InChI=1S/C15H20N4O2.C2H6/c1-9(2)12-8-13-10(11-5-6-14(20)17-16-11)4-7-15(21-3)19(13)18-12;1-2/h4,7-9,12,18H,5-6H2,1-3H3,(H,17,20);1-2H3. The number of carbonyl (C=O) groups is 1.